The van der Waals surface area contributed by atoms with Crippen molar-refractivity contribution in [2.24, 2.45) is 0 Å². The van der Waals surface area contributed by atoms with Gasteiger partial charge in [0.05, 0.1) is 0 Å². The number of nitrogens with one attached hydrogen (secondary N) is 2. The van der Waals surface area contributed by atoms with Crippen molar-refractivity contribution >= 4 is 28.2 Å². The second-order valence-corrected chi connectivity index (χ2v) is 4.36. The Morgan fingerprint density at radius 2 is 2.00 bits per heavy atom. The molecule has 4 N–H and O–H groups in total. The number of hydrogen-bond acceptors (Lipinski definition) is 2. The third-order valence-electron chi connectivity index (χ3n) is 2.96. The zero-order chi connectivity index (χ0) is 13.2. The van der Waals surface area contributed by atoms with Gasteiger partial charge in [0.1, 0.15) is 0 Å². The summed E-state index contributed by atoms with van der Waals surface area (Å²) in [4.78, 5) is 15.2. The number of carbonyl (C=O) groups excluding carboxylic acids is 1. The monoisotopic (exact) mass is 251 g/mol. The van der Waals surface area contributed by atoms with Gasteiger partial charge in [-0.15, -0.1) is 0 Å². The number of hydrogen-bond donors (Lipinski definition) is 3. The first-order valence-corrected chi connectivity index (χ1v) is 5.96. The number of benzene rings is 2. The highest BCUT2D eigenvalue weighted by molar-refractivity contribution is 6.06. The van der Waals surface area contributed by atoms with Gasteiger partial charge in [-0.05, 0) is 41.8 Å². The van der Waals surface area contributed by atoms with Gasteiger partial charge in [-0.25, -0.2) is 0 Å². The fourth-order valence-electron chi connectivity index (χ4n) is 2.01. The number of aromatic nitrogens is 1. The fourth-order valence-corrected chi connectivity index (χ4v) is 2.01. The Bertz CT molecular complexity index is 746. The lowest BCUT2D eigenvalue weighted by atomic mass is 10.1. The molecule has 0 spiro atoms. The van der Waals surface area contributed by atoms with E-state index in [4.69, 9.17) is 5.73 Å². The molecule has 19 heavy (non-hydrogen) atoms. The molecule has 1 aromatic heterocycles. The van der Waals surface area contributed by atoms with Crippen molar-refractivity contribution < 1.29 is 4.79 Å². The van der Waals surface area contributed by atoms with Crippen molar-refractivity contribution in [2.75, 3.05) is 11.1 Å². The maximum atomic E-state index is 12.1. The minimum absolute atomic E-state index is 0.151. The lowest BCUT2D eigenvalue weighted by Gasteiger charge is -2.06. The largest absolute Gasteiger partial charge is 0.399 e. The molecule has 0 saturated heterocycles. The van der Waals surface area contributed by atoms with Crippen molar-refractivity contribution in [1.29, 1.82) is 0 Å². The van der Waals surface area contributed by atoms with Crippen molar-refractivity contribution in [3.63, 3.8) is 0 Å². The third-order valence-corrected chi connectivity index (χ3v) is 2.96. The zero-order valence-electron chi connectivity index (χ0n) is 10.2. The van der Waals surface area contributed by atoms with E-state index < -0.39 is 0 Å². The van der Waals surface area contributed by atoms with E-state index in [1.807, 2.05) is 24.4 Å². The molecule has 1 amide bonds. The van der Waals surface area contributed by atoms with Crippen LogP contribution in [-0.4, -0.2) is 10.9 Å². The highest BCUT2D eigenvalue weighted by Crippen LogP contribution is 2.17. The highest BCUT2D eigenvalue weighted by Gasteiger charge is 2.07. The maximum Gasteiger partial charge on any atom is 0.255 e. The minimum atomic E-state index is -0.151. The smallest absolute Gasteiger partial charge is 0.255 e. The van der Waals surface area contributed by atoms with Crippen LogP contribution in [0.2, 0.25) is 0 Å². The number of amides is 1. The van der Waals surface area contributed by atoms with E-state index in [2.05, 4.69) is 10.3 Å². The van der Waals surface area contributed by atoms with Crippen LogP contribution in [0.25, 0.3) is 10.9 Å². The Kier molecular flexibility index (Phi) is 2.68. The molecule has 0 aliphatic carbocycles. The van der Waals surface area contributed by atoms with Crippen molar-refractivity contribution in [3.8, 4) is 0 Å². The predicted octanol–water partition coefficient (Wildman–Crippen LogP) is 3.00. The molecule has 4 heteroatoms. The number of anilines is 2. The van der Waals surface area contributed by atoms with Crippen molar-refractivity contribution in [2.45, 2.75) is 0 Å². The first-order valence-electron chi connectivity index (χ1n) is 5.96. The Morgan fingerprint density at radius 3 is 2.84 bits per heavy atom. The number of H-pyrrole nitrogens is 1. The summed E-state index contributed by atoms with van der Waals surface area (Å²) in [6.07, 6.45) is 1.85. The van der Waals surface area contributed by atoms with Gasteiger partial charge >= 0.3 is 0 Å². The summed E-state index contributed by atoms with van der Waals surface area (Å²) in [5.74, 6) is -0.151. The number of nitrogens with two attached hydrogens (primary N) is 1. The second kappa shape index (κ2) is 4.49. The predicted molar refractivity (Wildman–Crippen MR) is 77.1 cm³/mol. The number of rotatable bonds is 2. The van der Waals surface area contributed by atoms with E-state index >= 15 is 0 Å². The Labute approximate surface area is 110 Å². The molecule has 0 aliphatic rings. The highest BCUT2D eigenvalue weighted by atomic mass is 16.1. The Balaban J connectivity index is 1.87. The quantitative estimate of drug-likeness (QED) is 0.613. The van der Waals surface area contributed by atoms with Crippen LogP contribution in [0.1, 0.15) is 10.4 Å². The molecule has 0 atom stereocenters. The molecule has 0 unspecified atom stereocenters. The summed E-state index contributed by atoms with van der Waals surface area (Å²) >= 11 is 0. The lowest BCUT2D eigenvalue weighted by molar-refractivity contribution is 0.102. The minimum Gasteiger partial charge on any atom is -0.399 e. The van der Waals surface area contributed by atoms with Crippen LogP contribution in [0.3, 0.4) is 0 Å². The lowest BCUT2D eigenvalue weighted by Crippen LogP contribution is -2.11. The Hall–Kier alpha value is -2.75. The molecule has 4 nitrogen and oxygen atoms in total. The fraction of sp³-hybridized carbons (Fsp3) is 0. The van der Waals surface area contributed by atoms with Crippen LogP contribution in [0.5, 0.6) is 0 Å². The first kappa shape index (κ1) is 11.3. The normalized spacial score (nSPS) is 10.5. The summed E-state index contributed by atoms with van der Waals surface area (Å²) in [6, 6.07) is 14.6. The average Bonchev–Trinajstić information content (AvgIpc) is 2.85. The van der Waals surface area contributed by atoms with Gasteiger partial charge in [0.2, 0.25) is 0 Å². The van der Waals surface area contributed by atoms with Crippen molar-refractivity contribution in [1.82, 2.24) is 4.98 Å². The van der Waals surface area contributed by atoms with Gasteiger partial charge in [0.25, 0.3) is 5.91 Å². The summed E-state index contributed by atoms with van der Waals surface area (Å²) in [6.45, 7) is 0. The van der Waals surface area contributed by atoms with Crippen LogP contribution in [0.4, 0.5) is 11.4 Å². The van der Waals surface area contributed by atoms with Crippen molar-refractivity contribution in [3.05, 3.63) is 60.3 Å². The number of aromatic amines is 1. The van der Waals surface area contributed by atoms with Crippen LogP contribution >= 0.6 is 0 Å². The van der Waals surface area contributed by atoms with E-state index in [9.17, 15) is 4.79 Å². The second-order valence-electron chi connectivity index (χ2n) is 4.36. The third kappa shape index (κ3) is 2.28. The summed E-state index contributed by atoms with van der Waals surface area (Å²) in [5, 5.41) is 3.91. The number of nitrogen functional groups attached to an aromatic ring is 1. The molecule has 94 valence electrons. The van der Waals surface area contributed by atoms with Gasteiger partial charge < -0.3 is 16.0 Å². The summed E-state index contributed by atoms with van der Waals surface area (Å²) in [5.41, 5.74) is 8.54. The number of carbonyl (C=O) groups is 1. The molecule has 1 heterocycles. The van der Waals surface area contributed by atoms with Gasteiger partial charge in [-0.3, -0.25) is 4.79 Å². The van der Waals surface area contributed by atoms with E-state index in [1.54, 1.807) is 30.3 Å². The van der Waals surface area contributed by atoms with E-state index in [0.717, 1.165) is 10.9 Å². The molecule has 3 rings (SSSR count). The molecule has 0 radical (unpaired) electrons. The maximum absolute atomic E-state index is 12.1. The molecule has 3 aromatic rings. The molecule has 0 fully saturated rings. The number of fused-ring (bicyclic) bond motifs is 1. The van der Waals surface area contributed by atoms with Crippen LogP contribution in [0.15, 0.2) is 54.7 Å². The summed E-state index contributed by atoms with van der Waals surface area (Å²) < 4.78 is 0. The van der Waals surface area contributed by atoms with Gasteiger partial charge in [-0.1, -0.05) is 12.1 Å². The average molecular weight is 251 g/mol. The van der Waals surface area contributed by atoms with E-state index in [0.29, 0.717) is 16.9 Å². The van der Waals surface area contributed by atoms with Gasteiger partial charge in [-0.2, -0.15) is 0 Å². The van der Waals surface area contributed by atoms with Gasteiger partial charge in [0, 0.05) is 28.7 Å². The molecule has 2 aromatic carbocycles. The first-order chi connectivity index (χ1) is 9.22. The SMILES string of the molecule is Nc1cccc(NC(=O)c2ccc3cc[nH]c3c2)c1. The van der Waals surface area contributed by atoms with Crippen LogP contribution < -0.4 is 11.1 Å². The van der Waals surface area contributed by atoms with E-state index in [-0.39, 0.29) is 5.91 Å². The van der Waals surface area contributed by atoms with Gasteiger partial charge in [0.15, 0.2) is 0 Å². The Morgan fingerprint density at radius 1 is 1.11 bits per heavy atom. The molecule has 0 bridgehead atoms. The summed E-state index contributed by atoms with van der Waals surface area (Å²) in [7, 11) is 0. The van der Waals surface area contributed by atoms with Crippen LogP contribution in [0, 0.1) is 0 Å². The van der Waals surface area contributed by atoms with E-state index in [1.165, 1.54) is 0 Å². The standard InChI is InChI=1S/C15H13N3O/c16-12-2-1-3-13(9-12)18-15(19)11-5-4-10-6-7-17-14(10)8-11/h1-9,17H,16H2,(H,18,19). The molecular formula is C15H13N3O. The topological polar surface area (TPSA) is 70.9 Å². The van der Waals surface area contributed by atoms with Crippen LogP contribution in [-0.2, 0) is 0 Å². The zero-order valence-corrected chi connectivity index (χ0v) is 10.2. The molecular weight excluding hydrogens is 238 g/mol. The molecule has 0 aliphatic heterocycles. The molecule has 0 saturated carbocycles.